The van der Waals surface area contributed by atoms with Crippen molar-refractivity contribution in [2.24, 2.45) is 0 Å². The molecule has 0 amide bonds. The van der Waals surface area contributed by atoms with E-state index in [1.165, 1.54) is 6.20 Å². The first-order chi connectivity index (χ1) is 10.3. The summed E-state index contributed by atoms with van der Waals surface area (Å²) in [7, 11) is 0. The molecule has 1 heterocycles. The van der Waals surface area contributed by atoms with E-state index in [1.54, 1.807) is 18.2 Å². The zero-order valence-electron chi connectivity index (χ0n) is 11.1. The molecule has 0 aliphatic rings. The first kappa shape index (κ1) is 12.9. The van der Waals surface area contributed by atoms with Gasteiger partial charge in [0.15, 0.2) is 0 Å². The zero-order chi connectivity index (χ0) is 14.7. The van der Waals surface area contributed by atoms with Crippen molar-refractivity contribution in [1.29, 1.82) is 0 Å². The lowest BCUT2D eigenvalue weighted by Gasteiger charge is -2.13. The van der Waals surface area contributed by atoms with Crippen LogP contribution in [0.1, 0.15) is 10.4 Å². The number of anilines is 2. The second kappa shape index (κ2) is 5.50. The smallest absolute Gasteiger partial charge is 0.338 e. The maximum absolute atomic E-state index is 11.6. The molecular formula is C16H13N3O2. The van der Waals surface area contributed by atoms with E-state index < -0.39 is 5.97 Å². The summed E-state index contributed by atoms with van der Waals surface area (Å²) in [5.41, 5.74) is 7.98. The fraction of sp³-hybridized carbons (Fsp3) is 0. The number of carboxylic acids is 1. The molecule has 2 aromatic carbocycles. The fourth-order valence-corrected chi connectivity index (χ4v) is 2.13. The minimum Gasteiger partial charge on any atom is -0.478 e. The number of aromatic carboxylic acids is 1. The normalized spacial score (nSPS) is 10.3. The van der Waals surface area contributed by atoms with Crippen molar-refractivity contribution in [3.63, 3.8) is 0 Å². The monoisotopic (exact) mass is 279 g/mol. The second-order valence-corrected chi connectivity index (χ2v) is 4.49. The SMILES string of the molecule is O=C(O)c1c(NNc2ccccc2)cnc2ccccc12. The number of benzene rings is 2. The first-order valence-electron chi connectivity index (χ1n) is 6.44. The van der Waals surface area contributed by atoms with Gasteiger partial charge in [-0.1, -0.05) is 36.4 Å². The third kappa shape index (κ3) is 2.62. The highest BCUT2D eigenvalue weighted by Gasteiger charge is 2.15. The number of para-hydroxylation sites is 2. The van der Waals surface area contributed by atoms with E-state index in [1.807, 2.05) is 36.4 Å². The van der Waals surface area contributed by atoms with Crippen molar-refractivity contribution in [2.75, 3.05) is 10.9 Å². The van der Waals surface area contributed by atoms with Crippen LogP contribution in [0.5, 0.6) is 0 Å². The lowest BCUT2D eigenvalue weighted by Crippen LogP contribution is -2.13. The van der Waals surface area contributed by atoms with Gasteiger partial charge in [-0.3, -0.25) is 10.4 Å². The van der Waals surface area contributed by atoms with Crippen molar-refractivity contribution >= 4 is 28.2 Å². The second-order valence-electron chi connectivity index (χ2n) is 4.49. The van der Waals surface area contributed by atoms with Crippen LogP contribution in [-0.4, -0.2) is 16.1 Å². The van der Waals surface area contributed by atoms with Crippen molar-refractivity contribution in [3.05, 3.63) is 66.4 Å². The third-order valence-electron chi connectivity index (χ3n) is 3.10. The molecule has 1 aromatic heterocycles. The summed E-state index contributed by atoms with van der Waals surface area (Å²) < 4.78 is 0. The van der Waals surface area contributed by atoms with Crippen LogP contribution >= 0.6 is 0 Å². The molecule has 0 saturated heterocycles. The Labute approximate surface area is 121 Å². The Balaban J connectivity index is 1.98. The maximum Gasteiger partial charge on any atom is 0.338 e. The number of rotatable bonds is 4. The number of hydrogen-bond donors (Lipinski definition) is 3. The average molecular weight is 279 g/mol. The lowest BCUT2D eigenvalue weighted by molar-refractivity contribution is 0.0700. The number of pyridine rings is 1. The van der Waals surface area contributed by atoms with Crippen LogP contribution in [0.4, 0.5) is 11.4 Å². The topological polar surface area (TPSA) is 74.2 Å². The molecule has 3 aromatic rings. The molecule has 3 rings (SSSR count). The molecule has 5 nitrogen and oxygen atoms in total. The molecule has 0 fully saturated rings. The molecule has 0 aliphatic carbocycles. The number of hydrazine groups is 1. The third-order valence-corrected chi connectivity index (χ3v) is 3.10. The van der Waals surface area contributed by atoms with Crippen molar-refractivity contribution in [2.45, 2.75) is 0 Å². The van der Waals surface area contributed by atoms with Crippen molar-refractivity contribution < 1.29 is 9.90 Å². The van der Waals surface area contributed by atoms with E-state index in [0.29, 0.717) is 16.6 Å². The molecule has 0 spiro atoms. The number of carbonyl (C=O) groups is 1. The Morgan fingerprint density at radius 1 is 0.952 bits per heavy atom. The molecular weight excluding hydrogens is 266 g/mol. The molecule has 104 valence electrons. The highest BCUT2D eigenvalue weighted by atomic mass is 16.4. The van der Waals surface area contributed by atoms with Crippen LogP contribution in [0.3, 0.4) is 0 Å². The average Bonchev–Trinajstić information content (AvgIpc) is 2.53. The molecule has 0 saturated carbocycles. The van der Waals surface area contributed by atoms with Gasteiger partial charge in [0, 0.05) is 5.39 Å². The van der Waals surface area contributed by atoms with E-state index in [4.69, 9.17) is 0 Å². The summed E-state index contributed by atoms with van der Waals surface area (Å²) in [5.74, 6) is -0.994. The minimum atomic E-state index is -0.994. The lowest BCUT2D eigenvalue weighted by atomic mass is 10.1. The van der Waals surface area contributed by atoms with Crippen molar-refractivity contribution in [1.82, 2.24) is 4.98 Å². The Hall–Kier alpha value is -3.08. The van der Waals surface area contributed by atoms with Gasteiger partial charge in [-0.15, -0.1) is 0 Å². The number of aromatic nitrogens is 1. The summed E-state index contributed by atoms with van der Waals surface area (Å²) in [6.45, 7) is 0. The molecule has 21 heavy (non-hydrogen) atoms. The van der Waals surface area contributed by atoms with Crippen LogP contribution in [0.15, 0.2) is 60.8 Å². The minimum absolute atomic E-state index is 0.198. The molecule has 0 unspecified atom stereocenters. The zero-order valence-corrected chi connectivity index (χ0v) is 11.1. The summed E-state index contributed by atoms with van der Waals surface area (Å²) in [6.07, 6.45) is 1.52. The molecule has 0 atom stereocenters. The molecule has 3 N–H and O–H groups in total. The van der Waals surface area contributed by atoms with Gasteiger partial charge in [0.1, 0.15) is 0 Å². The standard InChI is InChI=1S/C16H13N3O2/c20-16(21)15-12-8-4-5-9-13(12)17-10-14(15)19-18-11-6-2-1-3-7-11/h1-10,18-19H,(H,20,21). The largest absolute Gasteiger partial charge is 0.478 e. The summed E-state index contributed by atoms with van der Waals surface area (Å²) in [5, 5.41) is 10.1. The van der Waals surface area contributed by atoms with Crippen LogP contribution in [0.25, 0.3) is 10.9 Å². The van der Waals surface area contributed by atoms with Gasteiger partial charge in [0.2, 0.25) is 0 Å². The predicted molar refractivity (Wildman–Crippen MR) is 82.4 cm³/mol. The number of nitrogens with one attached hydrogen (secondary N) is 2. The number of carboxylic acid groups (broad SMARTS) is 1. The summed E-state index contributed by atoms with van der Waals surface area (Å²) in [6, 6.07) is 16.6. The van der Waals surface area contributed by atoms with Crippen LogP contribution in [0, 0.1) is 0 Å². The molecule has 5 heteroatoms. The Kier molecular flexibility index (Phi) is 3.39. The fourth-order valence-electron chi connectivity index (χ4n) is 2.13. The van der Waals surface area contributed by atoms with Gasteiger partial charge in [-0.2, -0.15) is 0 Å². The van der Waals surface area contributed by atoms with Gasteiger partial charge >= 0.3 is 5.97 Å². The molecule has 0 aliphatic heterocycles. The van der Waals surface area contributed by atoms with Crippen LogP contribution in [0.2, 0.25) is 0 Å². The van der Waals surface area contributed by atoms with Crippen LogP contribution < -0.4 is 10.9 Å². The van der Waals surface area contributed by atoms with Gasteiger partial charge in [0.05, 0.1) is 28.7 Å². The van der Waals surface area contributed by atoms with Gasteiger partial charge in [-0.05, 0) is 18.2 Å². The van der Waals surface area contributed by atoms with E-state index in [0.717, 1.165) is 5.69 Å². The highest BCUT2D eigenvalue weighted by Crippen LogP contribution is 2.24. The van der Waals surface area contributed by atoms with E-state index in [9.17, 15) is 9.90 Å². The highest BCUT2D eigenvalue weighted by molar-refractivity contribution is 6.07. The Bertz CT molecular complexity index is 788. The quantitative estimate of drug-likeness (QED) is 0.638. The van der Waals surface area contributed by atoms with Gasteiger partial charge in [-0.25, -0.2) is 4.79 Å². The Morgan fingerprint density at radius 3 is 2.43 bits per heavy atom. The Morgan fingerprint density at radius 2 is 1.67 bits per heavy atom. The van der Waals surface area contributed by atoms with Crippen LogP contribution in [-0.2, 0) is 0 Å². The maximum atomic E-state index is 11.6. The molecule has 0 bridgehead atoms. The van der Waals surface area contributed by atoms with E-state index in [2.05, 4.69) is 15.8 Å². The number of fused-ring (bicyclic) bond motifs is 1. The molecule has 0 radical (unpaired) electrons. The number of nitrogens with zero attached hydrogens (tertiary/aromatic N) is 1. The van der Waals surface area contributed by atoms with Gasteiger partial charge in [0.25, 0.3) is 0 Å². The summed E-state index contributed by atoms with van der Waals surface area (Å²) in [4.78, 5) is 15.8. The van der Waals surface area contributed by atoms with E-state index in [-0.39, 0.29) is 5.56 Å². The number of hydrogen-bond acceptors (Lipinski definition) is 4. The van der Waals surface area contributed by atoms with Crippen molar-refractivity contribution in [3.8, 4) is 0 Å². The van der Waals surface area contributed by atoms with E-state index >= 15 is 0 Å². The van der Waals surface area contributed by atoms with Gasteiger partial charge < -0.3 is 10.5 Å². The summed E-state index contributed by atoms with van der Waals surface area (Å²) >= 11 is 0. The predicted octanol–water partition coefficient (Wildman–Crippen LogP) is 3.37. The first-order valence-corrected chi connectivity index (χ1v) is 6.44.